The van der Waals surface area contributed by atoms with Gasteiger partial charge in [0.25, 0.3) is 0 Å². The van der Waals surface area contributed by atoms with Crippen LogP contribution in [0.2, 0.25) is 0 Å². The summed E-state index contributed by atoms with van der Waals surface area (Å²) >= 11 is 0. The summed E-state index contributed by atoms with van der Waals surface area (Å²) in [5.41, 5.74) is 0.826. The van der Waals surface area contributed by atoms with Crippen molar-refractivity contribution in [2.45, 2.75) is 37.8 Å². The van der Waals surface area contributed by atoms with Crippen LogP contribution in [0.15, 0.2) is 24.4 Å². The molecule has 0 spiro atoms. The Labute approximate surface area is 90.1 Å². The van der Waals surface area contributed by atoms with Gasteiger partial charge in [-0.25, -0.2) is 0 Å². The number of nitriles is 1. The van der Waals surface area contributed by atoms with Crippen LogP contribution in [0.25, 0.3) is 0 Å². The molecule has 1 unspecified atom stereocenters. The molecule has 0 amide bonds. The number of rotatable bonds is 3. The Bertz CT molecular complexity index is 336. The van der Waals surface area contributed by atoms with Gasteiger partial charge in [0.05, 0.1) is 11.8 Å². The molecule has 1 aromatic heterocycles. The highest BCUT2D eigenvalue weighted by atomic mass is 15.0. The van der Waals surface area contributed by atoms with Gasteiger partial charge >= 0.3 is 0 Å². The Balaban J connectivity index is 2.02. The van der Waals surface area contributed by atoms with Crippen molar-refractivity contribution in [3.05, 3.63) is 30.1 Å². The van der Waals surface area contributed by atoms with E-state index in [1.165, 1.54) is 25.7 Å². The zero-order valence-corrected chi connectivity index (χ0v) is 8.69. The molecule has 1 aliphatic carbocycles. The van der Waals surface area contributed by atoms with E-state index < -0.39 is 0 Å². The second kappa shape index (κ2) is 4.90. The minimum Gasteiger partial charge on any atom is -0.294 e. The number of hydrogen-bond donors (Lipinski definition) is 1. The van der Waals surface area contributed by atoms with Crippen LogP contribution in [0.4, 0.5) is 0 Å². The van der Waals surface area contributed by atoms with Crippen molar-refractivity contribution in [1.82, 2.24) is 10.3 Å². The highest BCUT2D eigenvalue weighted by Crippen LogP contribution is 2.20. The van der Waals surface area contributed by atoms with Gasteiger partial charge in [-0.2, -0.15) is 5.26 Å². The number of pyridine rings is 1. The lowest BCUT2D eigenvalue weighted by molar-refractivity contribution is 0.486. The third-order valence-corrected chi connectivity index (χ3v) is 2.87. The predicted molar refractivity (Wildman–Crippen MR) is 58.0 cm³/mol. The first-order chi connectivity index (χ1) is 7.40. The molecule has 0 saturated heterocycles. The Morgan fingerprint density at radius 1 is 1.40 bits per heavy atom. The summed E-state index contributed by atoms with van der Waals surface area (Å²) in [5, 5.41) is 12.4. The molecule has 1 aromatic rings. The van der Waals surface area contributed by atoms with Crippen LogP contribution in [0.3, 0.4) is 0 Å². The predicted octanol–water partition coefficient (Wildman–Crippen LogP) is 2.18. The smallest absolute Gasteiger partial charge is 0.138 e. The third kappa shape index (κ3) is 2.54. The molecule has 1 fully saturated rings. The first kappa shape index (κ1) is 10.1. The lowest BCUT2D eigenvalue weighted by Crippen LogP contribution is -2.30. The van der Waals surface area contributed by atoms with Crippen LogP contribution in [0.1, 0.15) is 37.4 Å². The maximum atomic E-state index is 9.09. The minimum absolute atomic E-state index is 0.255. The van der Waals surface area contributed by atoms with E-state index in [-0.39, 0.29) is 6.04 Å². The molecule has 0 radical (unpaired) electrons. The highest BCUT2D eigenvalue weighted by Gasteiger charge is 2.20. The van der Waals surface area contributed by atoms with E-state index in [1.807, 2.05) is 18.2 Å². The van der Waals surface area contributed by atoms with E-state index >= 15 is 0 Å². The van der Waals surface area contributed by atoms with Gasteiger partial charge in [-0.15, -0.1) is 0 Å². The molecule has 2 rings (SSSR count). The van der Waals surface area contributed by atoms with Crippen molar-refractivity contribution in [3.8, 4) is 6.07 Å². The summed E-state index contributed by atoms with van der Waals surface area (Å²) in [6.45, 7) is 0. The summed E-state index contributed by atoms with van der Waals surface area (Å²) in [4.78, 5) is 4.21. The zero-order chi connectivity index (χ0) is 10.5. The van der Waals surface area contributed by atoms with Crippen LogP contribution < -0.4 is 5.32 Å². The molecular formula is C12H15N3. The second-order valence-corrected chi connectivity index (χ2v) is 3.96. The summed E-state index contributed by atoms with van der Waals surface area (Å²) < 4.78 is 0. The molecule has 78 valence electrons. The lowest BCUT2D eigenvalue weighted by atomic mass is 10.1. The molecule has 3 nitrogen and oxygen atoms in total. The van der Waals surface area contributed by atoms with Gasteiger partial charge in [0.2, 0.25) is 0 Å². The van der Waals surface area contributed by atoms with Crippen molar-refractivity contribution < 1.29 is 0 Å². The average molecular weight is 201 g/mol. The fourth-order valence-corrected chi connectivity index (χ4v) is 2.06. The van der Waals surface area contributed by atoms with Gasteiger partial charge in [0, 0.05) is 12.2 Å². The first-order valence-corrected chi connectivity index (χ1v) is 5.47. The monoisotopic (exact) mass is 201 g/mol. The van der Waals surface area contributed by atoms with Gasteiger partial charge in [-0.3, -0.25) is 10.3 Å². The van der Waals surface area contributed by atoms with Gasteiger partial charge in [0.1, 0.15) is 6.04 Å². The van der Waals surface area contributed by atoms with Gasteiger partial charge in [0.15, 0.2) is 0 Å². The highest BCUT2D eigenvalue weighted by molar-refractivity contribution is 5.15. The van der Waals surface area contributed by atoms with Crippen molar-refractivity contribution in [2.24, 2.45) is 0 Å². The largest absolute Gasteiger partial charge is 0.294 e. The molecule has 3 heteroatoms. The molecule has 1 N–H and O–H groups in total. The summed E-state index contributed by atoms with van der Waals surface area (Å²) in [7, 11) is 0. The maximum Gasteiger partial charge on any atom is 0.138 e. The van der Waals surface area contributed by atoms with Crippen LogP contribution in [-0.4, -0.2) is 11.0 Å². The SMILES string of the molecule is N#CC(NC1CCCC1)c1ccccn1. The zero-order valence-electron chi connectivity index (χ0n) is 8.69. The maximum absolute atomic E-state index is 9.09. The average Bonchev–Trinajstić information content (AvgIpc) is 2.80. The van der Waals surface area contributed by atoms with Gasteiger partial charge in [-0.1, -0.05) is 18.9 Å². The first-order valence-electron chi connectivity index (χ1n) is 5.47. The Morgan fingerprint density at radius 2 is 2.20 bits per heavy atom. The Hall–Kier alpha value is -1.40. The van der Waals surface area contributed by atoms with E-state index in [2.05, 4.69) is 16.4 Å². The lowest BCUT2D eigenvalue weighted by Gasteiger charge is -2.16. The Kier molecular flexibility index (Phi) is 3.31. The standard InChI is InChI=1S/C12H15N3/c13-9-12(11-7-3-4-8-14-11)15-10-5-1-2-6-10/h3-4,7-8,10,12,15H,1-2,5-6H2. The van der Waals surface area contributed by atoms with Crippen molar-refractivity contribution in [2.75, 3.05) is 0 Å². The number of aromatic nitrogens is 1. The fraction of sp³-hybridized carbons (Fsp3) is 0.500. The van der Waals surface area contributed by atoms with E-state index in [9.17, 15) is 0 Å². The van der Waals surface area contributed by atoms with Crippen LogP contribution in [-0.2, 0) is 0 Å². The van der Waals surface area contributed by atoms with Crippen LogP contribution in [0, 0.1) is 11.3 Å². The molecule has 0 aliphatic heterocycles. The molecular weight excluding hydrogens is 186 g/mol. The third-order valence-electron chi connectivity index (χ3n) is 2.87. The molecule has 0 aromatic carbocycles. The summed E-state index contributed by atoms with van der Waals surface area (Å²) in [5.74, 6) is 0. The van der Waals surface area contributed by atoms with Gasteiger partial charge in [-0.05, 0) is 25.0 Å². The number of nitrogens with one attached hydrogen (secondary N) is 1. The van der Waals surface area contributed by atoms with Crippen LogP contribution in [0.5, 0.6) is 0 Å². The summed E-state index contributed by atoms with van der Waals surface area (Å²) in [6.07, 6.45) is 6.65. The number of hydrogen-bond acceptors (Lipinski definition) is 3. The quantitative estimate of drug-likeness (QED) is 0.815. The minimum atomic E-state index is -0.255. The van der Waals surface area contributed by atoms with Crippen LogP contribution >= 0.6 is 0 Å². The topological polar surface area (TPSA) is 48.7 Å². The Morgan fingerprint density at radius 3 is 2.80 bits per heavy atom. The molecule has 1 aliphatic rings. The molecule has 1 heterocycles. The van der Waals surface area contributed by atoms with E-state index in [0.29, 0.717) is 6.04 Å². The van der Waals surface area contributed by atoms with E-state index in [0.717, 1.165) is 5.69 Å². The second-order valence-electron chi connectivity index (χ2n) is 3.96. The normalized spacial score (nSPS) is 18.6. The van der Waals surface area contributed by atoms with E-state index in [4.69, 9.17) is 5.26 Å². The fourth-order valence-electron chi connectivity index (χ4n) is 2.06. The molecule has 1 saturated carbocycles. The van der Waals surface area contributed by atoms with E-state index in [1.54, 1.807) is 6.20 Å². The molecule has 0 bridgehead atoms. The molecule has 1 atom stereocenters. The van der Waals surface area contributed by atoms with Gasteiger partial charge < -0.3 is 0 Å². The van der Waals surface area contributed by atoms with Crippen molar-refractivity contribution >= 4 is 0 Å². The summed E-state index contributed by atoms with van der Waals surface area (Å²) in [6, 6.07) is 8.20. The van der Waals surface area contributed by atoms with Crippen molar-refractivity contribution in [1.29, 1.82) is 5.26 Å². The van der Waals surface area contributed by atoms with Crippen molar-refractivity contribution in [3.63, 3.8) is 0 Å². The molecule has 15 heavy (non-hydrogen) atoms. The number of nitrogens with zero attached hydrogens (tertiary/aromatic N) is 2.